The summed E-state index contributed by atoms with van der Waals surface area (Å²) in [5, 5.41) is 10.9. The molecule has 4 nitrogen and oxygen atoms in total. The summed E-state index contributed by atoms with van der Waals surface area (Å²) in [6, 6.07) is 12.8. The highest BCUT2D eigenvalue weighted by Crippen LogP contribution is 2.33. The van der Waals surface area contributed by atoms with Crippen molar-refractivity contribution >= 4 is 17.5 Å². The number of benzene rings is 2. The third-order valence-corrected chi connectivity index (χ3v) is 4.02. The van der Waals surface area contributed by atoms with Crippen molar-refractivity contribution in [1.82, 2.24) is 9.97 Å². The van der Waals surface area contributed by atoms with Crippen LogP contribution in [0.3, 0.4) is 0 Å². The summed E-state index contributed by atoms with van der Waals surface area (Å²) in [5.74, 6) is 0.332. The van der Waals surface area contributed by atoms with Gasteiger partial charge in [-0.15, -0.1) is 0 Å². The summed E-state index contributed by atoms with van der Waals surface area (Å²) in [5.41, 5.74) is 10.7. The van der Waals surface area contributed by atoms with Crippen LogP contribution in [-0.4, -0.2) is 15.1 Å². The van der Waals surface area contributed by atoms with Gasteiger partial charge in [-0.05, 0) is 55.3 Å². The number of nitrogens with zero attached hydrogens (tertiary/aromatic N) is 2. The van der Waals surface area contributed by atoms with E-state index in [9.17, 15) is 5.11 Å². The maximum absolute atomic E-state index is 10.2. The molecule has 1 aromatic heterocycles. The molecule has 0 saturated heterocycles. The maximum atomic E-state index is 10.2. The van der Waals surface area contributed by atoms with Crippen LogP contribution in [0.1, 0.15) is 11.1 Å². The molecule has 0 saturated carbocycles. The van der Waals surface area contributed by atoms with E-state index in [1.807, 2.05) is 38.1 Å². The Labute approximate surface area is 139 Å². The average molecular weight is 326 g/mol. The van der Waals surface area contributed by atoms with Crippen LogP contribution in [0.2, 0.25) is 5.02 Å². The monoisotopic (exact) mass is 325 g/mol. The number of aromatic nitrogens is 2. The van der Waals surface area contributed by atoms with E-state index in [-0.39, 0.29) is 11.7 Å². The van der Waals surface area contributed by atoms with Crippen molar-refractivity contribution in [2.75, 3.05) is 5.73 Å². The quantitative estimate of drug-likeness (QED) is 0.734. The lowest BCUT2D eigenvalue weighted by Gasteiger charge is -2.10. The van der Waals surface area contributed by atoms with Gasteiger partial charge in [0.2, 0.25) is 5.95 Å². The summed E-state index contributed by atoms with van der Waals surface area (Å²) >= 11 is 5.92. The number of nitrogens with two attached hydrogens (primary N) is 1. The van der Waals surface area contributed by atoms with Crippen LogP contribution in [-0.2, 0) is 0 Å². The van der Waals surface area contributed by atoms with Crippen LogP contribution in [0.15, 0.2) is 42.5 Å². The molecule has 23 heavy (non-hydrogen) atoms. The van der Waals surface area contributed by atoms with E-state index in [2.05, 4.69) is 9.97 Å². The van der Waals surface area contributed by atoms with Gasteiger partial charge in [-0.1, -0.05) is 23.7 Å². The van der Waals surface area contributed by atoms with Crippen molar-refractivity contribution in [2.24, 2.45) is 0 Å². The van der Waals surface area contributed by atoms with Crippen LogP contribution in [0.25, 0.3) is 22.5 Å². The van der Waals surface area contributed by atoms with Gasteiger partial charge in [-0.2, -0.15) is 0 Å². The summed E-state index contributed by atoms with van der Waals surface area (Å²) in [7, 11) is 0. The molecule has 3 rings (SSSR count). The van der Waals surface area contributed by atoms with Crippen molar-refractivity contribution in [2.45, 2.75) is 13.8 Å². The molecule has 0 aliphatic rings. The number of halogens is 1. The van der Waals surface area contributed by atoms with E-state index in [0.717, 1.165) is 16.7 Å². The van der Waals surface area contributed by atoms with Gasteiger partial charge >= 0.3 is 0 Å². The molecule has 0 fully saturated rings. The molecule has 3 N–H and O–H groups in total. The molecule has 0 atom stereocenters. The summed E-state index contributed by atoms with van der Waals surface area (Å²) < 4.78 is 0. The number of aryl methyl sites for hydroxylation is 2. The molecule has 0 amide bonds. The predicted octanol–water partition coefficient (Wildman–Crippen LogP) is 4.37. The first kappa shape index (κ1) is 15.3. The van der Waals surface area contributed by atoms with E-state index < -0.39 is 0 Å². The van der Waals surface area contributed by atoms with Gasteiger partial charge in [0.1, 0.15) is 5.75 Å². The van der Waals surface area contributed by atoms with Crippen molar-refractivity contribution in [3.8, 4) is 28.3 Å². The number of hydrogen-bond acceptors (Lipinski definition) is 4. The second kappa shape index (κ2) is 5.89. The molecule has 0 aliphatic carbocycles. The maximum Gasteiger partial charge on any atom is 0.221 e. The van der Waals surface area contributed by atoms with E-state index in [1.54, 1.807) is 18.2 Å². The summed E-state index contributed by atoms with van der Waals surface area (Å²) in [4.78, 5) is 8.53. The highest BCUT2D eigenvalue weighted by Gasteiger charge is 2.12. The fourth-order valence-corrected chi connectivity index (χ4v) is 2.50. The van der Waals surface area contributed by atoms with Gasteiger partial charge in [0.05, 0.1) is 11.4 Å². The lowest BCUT2D eigenvalue weighted by atomic mass is 10.0. The summed E-state index contributed by atoms with van der Waals surface area (Å²) in [6.07, 6.45) is 0. The number of phenols is 1. The first-order chi connectivity index (χ1) is 10.9. The molecule has 0 bridgehead atoms. The second-order valence-electron chi connectivity index (χ2n) is 5.46. The Hall–Kier alpha value is -2.59. The zero-order valence-electron chi connectivity index (χ0n) is 12.8. The molecule has 5 heteroatoms. The molecule has 1 heterocycles. The normalized spacial score (nSPS) is 10.7. The van der Waals surface area contributed by atoms with Crippen molar-refractivity contribution < 1.29 is 5.11 Å². The van der Waals surface area contributed by atoms with Crippen LogP contribution in [0.4, 0.5) is 5.95 Å². The number of hydrogen-bond donors (Lipinski definition) is 2. The van der Waals surface area contributed by atoms with Gasteiger partial charge in [0.15, 0.2) is 0 Å². The van der Waals surface area contributed by atoms with E-state index in [4.69, 9.17) is 17.3 Å². The van der Waals surface area contributed by atoms with Crippen LogP contribution < -0.4 is 5.73 Å². The number of phenolic OH excluding ortho intramolecular Hbond substituents is 1. The molecule has 0 unspecified atom stereocenters. The highest BCUT2D eigenvalue weighted by atomic mass is 35.5. The van der Waals surface area contributed by atoms with Crippen LogP contribution in [0.5, 0.6) is 5.75 Å². The minimum Gasteiger partial charge on any atom is -0.507 e. The zero-order valence-corrected chi connectivity index (χ0v) is 13.6. The third kappa shape index (κ3) is 3.12. The number of anilines is 1. The Morgan fingerprint density at radius 3 is 2.22 bits per heavy atom. The van der Waals surface area contributed by atoms with Gasteiger partial charge in [-0.25, -0.2) is 9.97 Å². The Morgan fingerprint density at radius 2 is 1.52 bits per heavy atom. The van der Waals surface area contributed by atoms with Gasteiger partial charge in [0.25, 0.3) is 0 Å². The second-order valence-corrected chi connectivity index (χ2v) is 5.89. The SMILES string of the molecule is Cc1cc(O)c(-c2cc(-c3ccc(Cl)cc3)nc(N)n2)cc1C. The predicted molar refractivity (Wildman–Crippen MR) is 93.5 cm³/mol. The fourth-order valence-electron chi connectivity index (χ4n) is 2.38. The van der Waals surface area contributed by atoms with Crippen LogP contribution in [0, 0.1) is 13.8 Å². The van der Waals surface area contributed by atoms with E-state index in [1.165, 1.54) is 0 Å². The van der Waals surface area contributed by atoms with Crippen LogP contribution >= 0.6 is 11.6 Å². The Morgan fingerprint density at radius 1 is 0.913 bits per heavy atom. The van der Waals surface area contributed by atoms with Gasteiger partial charge in [0, 0.05) is 16.1 Å². The lowest BCUT2D eigenvalue weighted by Crippen LogP contribution is -1.99. The van der Waals surface area contributed by atoms with Gasteiger partial charge in [-0.3, -0.25) is 0 Å². The zero-order chi connectivity index (χ0) is 16.6. The third-order valence-electron chi connectivity index (χ3n) is 3.77. The Balaban J connectivity index is 2.15. The average Bonchev–Trinajstić information content (AvgIpc) is 2.51. The first-order valence-corrected chi connectivity index (χ1v) is 7.53. The molecule has 0 aliphatic heterocycles. The van der Waals surface area contributed by atoms with Crippen molar-refractivity contribution in [1.29, 1.82) is 0 Å². The number of nitrogen functional groups attached to an aromatic ring is 1. The Kier molecular flexibility index (Phi) is 3.92. The molecule has 0 radical (unpaired) electrons. The Bertz CT molecular complexity index is 876. The van der Waals surface area contributed by atoms with Crippen molar-refractivity contribution in [3.05, 3.63) is 58.6 Å². The molecule has 0 spiro atoms. The minimum absolute atomic E-state index is 0.157. The molecular formula is C18H16ClN3O. The fraction of sp³-hybridized carbons (Fsp3) is 0.111. The molecule has 2 aromatic carbocycles. The number of aromatic hydroxyl groups is 1. The van der Waals surface area contributed by atoms with Gasteiger partial charge < -0.3 is 10.8 Å². The molecule has 3 aromatic rings. The standard InChI is InChI=1S/C18H16ClN3O/c1-10-7-14(17(23)8-11(10)2)16-9-15(21-18(20)22-16)12-3-5-13(19)6-4-12/h3-9,23H,1-2H3,(H2,20,21,22). The van der Waals surface area contributed by atoms with Crippen molar-refractivity contribution in [3.63, 3.8) is 0 Å². The first-order valence-electron chi connectivity index (χ1n) is 7.15. The van der Waals surface area contributed by atoms with E-state index >= 15 is 0 Å². The topological polar surface area (TPSA) is 72.0 Å². The minimum atomic E-state index is 0.157. The molecular weight excluding hydrogens is 310 g/mol. The smallest absolute Gasteiger partial charge is 0.221 e. The lowest BCUT2D eigenvalue weighted by molar-refractivity contribution is 0.476. The van der Waals surface area contributed by atoms with E-state index in [0.29, 0.717) is 22.0 Å². The summed E-state index contributed by atoms with van der Waals surface area (Å²) in [6.45, 7) is 3.94. The highest BCUT2D eigenvalue weighted by molar-refractivity contribution is 6.30. The molecule has 116 valence electrons. The number of rotatable bonds is 2. The largest absolute Gasteiger partial charge is 0.507 e.